The quantitative estimate of drug-likeness (QED) is 0.220. The smallest absolute Gasteiger partial charge is 0.144 e. The first-order valence-corrected chi connectivity index (χ1v) is 17.0. The molecule has 8 heteroatoms. The maximum atomic E-state index is 12.9. The molecule has 2 N–H and O–H groups in total. The fourth-order valence-corrected chi connectivity index (χ4v) is 10.8. The highest BCUT2D eigenvalue weighted by molar-refractivity contribution is 7.78. The second-order valence-corrected chi connectivity index (χ2v) is 14.8. The molecule has 0 saturated heterocycles. The molecule has 4 aromatic rings. The second kappa shape index (κ2) is 14.6. The molecule has 0 saturated carbocycles. The van der Waals surface area contributed by atoms with E-state index in [4.69, 9.17) is 0 Å². The maximum absolute atomic E-state index is 12.9. The van der Waals surface area contributed by atoms with Crippen molar-refractivity contribution in [3.63, 3.8) is 0 Å². The molecule has 0 bridgehead atoms. The summed E-state index contributed by atoms with van der Waals surface area (Å²) in [5.74, 6) is 3.60. The minimum atomic E-state index is -1.71. The number of benzene rings is 4. The third kappa shape index (κ3) is 8.22. The van der Waals surface area contributed by atoms with Crippen LogP contribution >= 0.6 is 32.0 Å². The highest BCUT2D eigenvalue weighted by Crippen LogP contribution is 2.35. The summed E-state index contributed by atoms with van der Waals surface area (Å²) in [4.78, 5) is 32.4. The van der Waals surface area contributed by atoms with Gasteiger partial charge in [0.15, 0.2) is 0 Å². The molecule has 0 radical (unpaired) electrons. The van der Waals surface area contributed by atoms with E-state index in [1.165, 1.54) is 0 Å². The lowest BCUT2D eigenvalue weighted by molar-refractivity contribution is -0.154. The Bertz CT molecular complexity index is 1080. The van der Waals surface area contributed by atoms with Gasteiger partial charge in [-0.3, -0.25) is 0 Å². The van der Waals surface area contributed by atoms with Gasteiger partial charge in [0.2, 0.25) is 0 Å². The average molecular weight is 548 g/mol. The van der Waals surface area contributed by atoms with Crippen LogP contribution in [0, 0.1) is 0 Å². The van der Waals surface area contributed by atoms with E-state index >= 15 is 0 Å². The topological polar surface area (TPSA) is 70.2 Å². The van der Waals surface area contributed by atoms with Crippen molar-refractivity contribution in [2.45, 2.75) is 12.8 Å². The second-order valence-electron chi connectivity index (χ2n) is 7.81. The van der Waals surface area contributed by atoms with Crippen LogP contribution in [0.3, 0.4) is 0 Å². The Morgan fingerprint density at radius 1 is 0.472 bits per heavy atom. The van der Waals surface area contributed by atoms with Gasteiger partial charge in [0, 0.05) is 12.8 Å². The Kier molecular flexibility index (Phi) is 10.9. The van der Waals surface area contributed by atoms with Gasteiger partial charge in [-0.25, -0.2) is 0 Å². The number of hydrogen-bond donors (Lipinski definition) is 2. The standard InChI is InChI=1S/C28H28N2O2P4/c31-33(29-35(25-15-5-1-6-16-25)26-17-7-2-8-18-26)23-13-14-24-34(32)30-36(27-19-9-3-10-20-27)28-21-11-4-12-22-28/h1-12,15-24,29-30H,13-14H2. The summed E-state index contributed by atoms with van der Waals surface area (Å²) >= 11 is 0. The summed E-state index contributed by atoms with van der Waals surface area (Å²) in [5, 5.41) is 4.52. The van der Waals surface area contributed by atoms with Crippen LogP contribution in [-0.4, -0.2) is 11.6 Å². The van der Waals surface area contributed by atoms with Crippen LogP contribution in [-0.2, 0) is 0 Å². The number of unbranched alkanes of at least 4 members (excludes halogenated alkanes) is 1. The summed E-state index contributed by atoms with van der Waals surface area (Å²) in [6, 6.07) is 40.5. The maximum Gasteiger partial charge on any atom is 0.144 e. The van der Waals surface area contributed by atoms with Crippen molar-refractivity contribution in [3.05, 3.63) is 121 Å². The van der Waals surface area contributed by atoms with Gasteiger partial charge in [-0.05, 0) is 21.2 Å². The Labute approximate surface area is 218 Å². The molecule has 0 amide bonds. The Hall–Kier alpha value is -2.08. The fraction of sp³-hybridized carbons (Fsp3) is 0.0714. The first-order chi connectivity index (χ1) is 17.7. The highest BCUT2D eigenvalue weighted by Gasteiger charge is 2.18. The van der Waals surface area contributed by atoms with E-state index in [9.17, 15) is 9.79 Å². The average Bonchev–Trinajstić information content (AvgIpc) is 2.94. The molecule has 2 unspecified atom stereocenters. The summed E-state index contributed by atoms with van der Waals surface area (Å²) in [7, 11) is -5.29. The van der Waals surface area contributed by atoms with Crippen LogP contribution < -0.4 is 40.7 Å². The van der Waals surface area contributed by atoms with Gasteiger partial charge < -0.3 is 9.79 Å². The van der Waals surface area contributed by atoms with Crippen LogP contribution in [0.1, 0.15) is 12.8 Å². The van der Waals surface area contributed by atoms with E-state index in [0.717, 1.165) is 21.2 Å². The van der Waals surface area contributed by atoms with Crippen molar-refractivity contribution in [2.75, 3.05) is 0 Å². The molecule has 4 aromatic carbocycles. The van der Waals surface area contributed by atoms with Crippen molar-refractivity contribution >= 4 is 64.8 Å². The molecule has 2 atom stereocenters. The normalized spacial score (nSPS) is 12.3. The fourth-order valence-electron chi connectivity index (χ4n) is 3.50. The molecule has 0 heterocycles. The van der Waals surface area contributed by atoms with E-state index in [2.05, 4.69) is 58.2 Å². The molecule has 36 heavy (non-hydrogen) atoms. The van der Waals surface area contributed by atoms with Crippen LogP contribution in [0.2, 0.25) is 0 Å². The molecule has 0 aromatic heterocycles. The third-order valence-corrected chi connectivity index (χ3v) is 12.8. The van der Waals surface area contributed by atoms with E-state index < -0.39 is 32.0 Å². The van der Waals surface area contributed by atoms with Gasteiger partial charge in [-0.2, -0.15) is 0 Å². The predicted molar refractivity (Wildman–Crippen MR) is 160 cm³/mol. The van der Waals surface area contributed by atoms with Crippen molar-refractivity contribution < 1.29 is 9.79 Å². The molecule has 0 fully saturated rings. The lowest BCUT2D eigenvalue weighted by atomic mass is 10.4. The minimum Gasteiger partial charge on any atom is -0.614 e. The lowest BCUT2D eigenvalue weighted by Crippen LogP contribution is -2.22. The van der Waals surface area contributed by atoms with Crippen LogP contribution in [0.15, 0.2) is 121 Å². The lowest BCUT2D eigenvalue weighted by Gasteiger charge is -2.17. The number of nitrogens with one attached hydrogen (secondary N) is 2. The van der Waals surface area contributed by atoms with Gasteiger partial charge in [0.1, 0.15) is 27.4 Å². The summed E-state index contributed by atoms with van der Waals surface area (Å²) in [6.45, 7) is 0. The first kappa shape index (κ1) is 27.0. The van der Waals surface area contributed by atoms with E-state index in [0.29, 0.717) is 12.8 Å². The highest BCUT2D eigenvalue weighted by atomic mass is 31.2. The minimum absolute atomic E-state index is 0.590. The SMILES string of the molecule is [O-][P+](=CCCC=[P+]([O-])NP(c1ccccc1)c1ccccc1)NP(c1ccccc1)c1ccccc1. The zero-order valence-electron chi connectivity index (χ0n) is 19.7. The molecule has 182 valence electrons. The number of hydrogen-bond acceptors (Lipinski definition) is 4. The van der Waals surface area contributed by atoms with E-state index in [-0.39, 0.29) is 0 Å². The van der Waals surface area contributed by atoms with Crippen LogP contribution in [0.25, 0.3) is 0 Å². The Balaban J connectivity index is 1.39. The van der Waals surface area contributed by atoms with Crippen molar-refractivity contribution in [1.29, 1.82) is 0 Å². The van der Waals surface area contributed by atoms with E-state index in [1.807, 2.05) is 72.8 Å². The Morgan fingerprint density at radius 2 is 0.722 bits per heavy atom. The van der Waals surface area contributed by atoms with Gasteiger partial charge in [-0.15, -0.1) is 9.72 Å². The predicted octanol–water partition coefficient (Wildman–Crippen LogP) is 3.99. The molecule has 4 nitrogen and oxygen atoms in total. The van der Waals surface area contributed by atoms with Gasteiger partial charge >= 0.3 is 0 Å². The zero-order chi connectivity index (χ0) is 25.0. The van der Waals surface area contributed by atoms with Crippen molar-refractivity contribution in [3.8, 4) is 0 Å². The molecule has 0 aliphatic heterocycles. The molecule has 0 aliphatic carbocycles. The zero-order valence-corrected chi connectivity index (χ0v) is 23.3. The number of rotatable bonds is 11. The van der Waals surface area contributed by atoms with Crippen molar-refractivity contribution in [1.82, 2.24) is 9.72 Å². The van der Waals surface area contributed by atoms with Crippen LogP contribution in [0.4, 0.5) is 0 Å². The summed E-state index contributed by atoms with van der Waals surface area (Å²) in [6.07, 6.45) is 1.18. The molecular weight excluding hydrogens is 520 g/mol. The Morgan fingerprint density at radius 3 is 0.972 bits per heavy atom. The van der Waals surface area contributed by atoms with Gasteiger partial charge in [-0.1, -0.05) is 121 Å². The monoisotopic (exact) mass is 548 g/mol. The molecule has 0 aliphatic rings. The summed E-state index contributed by atoms with van der Waals surface area (Å²) < 4.78 is 0. The molecule has 0 spiro atoms. The molecular formula is C28H28N2O2P4. The summed E-state index contributed by atoms with van der Waals surface area (Å²) in [5.41, 5.74) is 0. The first-order valence-electron chi connectivity index (χ1n) is 11.6. The van der Waals surface area contributed by atoms with Gasteiger partial charge in [0.05, 0.1) is 16.1 Å². The largest absolute Gasteiger partial charge is 0.614 e. The molecule has 4 rings (SSSR count). The van der Waals surface area contributed by atoms with Gasteiger partial charge in [0.25, 0.3) is 0 Å². The van der Waals surface area contributed by atoms with Crippen molar-refractivity contribution in [2.24, 2.45) is 0 Å². The third-order valence-electron chi connectivity index (χ3n) is 5.21. The van der Waals surface area contributed by atoms with E-state index in [1.54, 1.807) is 11.6 Å². The van der Waals surface area contributed by atoms with Crippen LogP contribution in [0.5, 0.6) is 0 Å².